The molecule has 1 aromatic rings. The van der Waals surface area contributed by atoms with Gasteiger partial charge in [0.2, 0.25) is 0 Å². The highest BCUT2D eigenvalue weighted by Gasteiger charge is 2.16. The van der Waals surface area contributed by atoms with E-state index < -0.39 is 5.97 Å². The quantitative estimate of drug-likeness (QED) is 0.669. The van der Waals surface area contributed by atoms with Crippen molar-refractivity contribution < 1.29 is 9.90 Å². The second kappa shape index (κ2) is 2.90. The van der Waals surface area contributed by atoms with Crippen LogP contribution in [0.2, 0.25) is 0 Å². The van der Waals surface area contributed by atoms with E-state index in [2.05, 4.69) is 10.3 Å². The molecule has 2 N–H and O–H groups in total. The van der Waals surface area contributed by atoms with Gasteiger partial charge in [0, 0.05) is 30.2 Å². The normalized spacial score (nSPS) is 14.0. The second-order valence-corrected chi connectivity index (χ2v) is 2.73. The van der Waals surface area contributed by atoms with E-state index >= 15 is 0 Å². The summed E-state index contributed by atoms with van der Waals surface area (Å²) in [6, 6.07) is 1.77. The van der Waals surface area contributed by atoms with E-state index in [0.29, 0.717) is 17.7 Å². The fourth-order valence-electron chi connectivity index (χ4n) is 1.34. The van der Waals surface area contributed by atoms with Gasteiger partial charge in [0.15, 0.2) is 0 Å². The Kier molecular flexibility index (Phi) is 1.73. The number of anilines is 1. The lowest BCUT2D eigenvalue weighted by molar-refractivity contribution is -0.130. The van der Waals surface area contributed by atoms with E-state index in [1.54, 1.807) is 24.5 Å². The number of rotatable bonds is 1. The Hall–Kier alpha value is -1.84. The summed E-state index contributed by atoms with van der Waals surface area (Å²) in [5.74, 6) is -0.907. The molecular formula is C9H8N2O2. The number of aliphatic carboxylic acids is 1. The van der Waals surface area contributed by atoms with E-state index in [-0.39, 0.29) is 0 Å². The summed E-state index contributed by atoms with van der Waals surface area (Å²) in [6.45, 7) is 0.554. The van der Waals surface area contributed by atoms with Crippen LogP contribution in [0.25, 0.3) is 5.57 Å². The van der Waals surface area contributed by atoms with Crippen molar-refractivity contribution in [2.75, 3.05) is 11.9 Å². The number of nitrogens with zero attached hydrogens (tertiary/aromatic N) is 1. The zero-order valence-electron chi connectivity index (χ0n) is 6.82. The average molecular weight is 176 g/mol. The van der Waals surface area contributed by atoms with Gasteiger partial charge in [0.05, 0.1) is 5.57 Å². The zero-order valence-corrected chi connectivity index (χ0v) is 6.82. The molecule has 4 heteroatoms. The van der Waals surface area contributed by atoms with Crippen LogP contribution in [0, 0.1) is 0 Å². The molecule has 13 heavy (non-hydrogen) atoms. The number of carbonyl (C=O) groups is 1. The monoisotopic (exact) mass is 176 g/mol. The first-order chi connectivity index (χ1) is 6.29. The van der Waals surface area contributed by atoms with E-state index in [9.17, 15) is 4.79 Å². The summed E-state index contributed by atoms with van der Waals surface area (Å²) < 4.78 is 0. The van der Waals surface area contributed by atoms with Crippen molar-refractivity contribution in [2.24, 2.45) is 0 Å². The Morgan fingerprint density at radius 2 is 2.46 bits per heavy atom. The smallest absolute Gasteiger partial charge is 0.336 e. The maximum atomic E-state index is 10.8. The van der Waals surface area contributed by atoms with E-state index in [0.717, 1.165) is 5.69 Å². The number of fused-ring (bicyclic) bond motifs is 1. The lowest BCUT2D eigenvalue weighted by atomic mass is 10.0. The third-order valence-corrected chi connectivity index (χ3v) is 1.94. The molecule has 0 atom stereocenters. The molecule has 2 rings (SSSR count). The SMILES string of the molecule is O=C(O)C1=CCNc2ccncc21. The first-order valence-corrected chi connectivity index (χ1v) is 3.91. The molecule has 4 nitrogen and oxygen atoms in total. The molecule has 0 saturated carbocycles. The summed E-state index contributed by atoms with van der Waals surface area (Å²) >= 11 is 0. The lowest BCUT2D eigenvalue weighted by Gasteiger charge is -2.15. The first-order valence-electron chi connectivity index (χ1n) is 3.91. The average Bonchev–Trinajstić information content (AvgIpc) is 2.17. The summed E-state index contributed by atoms with van der Waals surface area (Å²) in [7, 11) is 0. The molecule has 66 valence electrons. The van der Waals surface area contributed by atoms with Crippen LogP contribution in [0.3, 0.4) is 0 Å². The van der Waals surface area contributed by atoms with Gasteiger partial charge in [-0.2, -0.15) is 0 Å². The fraction of sp³-hybridized carbons (Fsp3) is 0.111. The predicted octanol–water partition coefficient (Wildman–Crippen LogP) is 0.975. The highest BCUT2D eigenvalue weighted by molar-refractivity contribution is 6.17. The number of hydrogen-bond donors (Lipinski definition) is 2. The highest BCUT2D eigenvalue weighted by Crippen LogP contribution is 2.25. The second-order valence-electron chi connectivity index (χ2n) is 2.73. The van der Waals surface area contributed by atoms with Gasteiger partial charge in [-0.3, -0.25) is 4.98 Å². The van der Waals surface area contributed by atoms with E-state index in [1.807, 2.05) is 0 Å². The number of nitrogens with one attached hydrogen (secondary N) is 1. The topological polar surface area (TPSA) is 62.2 Å². The Bertz CT molecular complexity index is 385. The summed E-state index contributed by atoms with van der Waals surface area (Å²) in [6.07, 6.45) is 4.84. The molecule has 0 aromatic carbocycles. The molecule has 0 radical (unpaired) electrons. The van der Waals surface area contributed by atoms with Crippen LogP contribution in [0.1, 0.15) is 5.56 Å². The minimum absolute atomic E-state index is 0.321. The third-order valence-electron chi connectivity index (χ3n) is 1.94. The first kappa shape index (κ1) is 7.79. The maximum Gasteiger partial charge on any atom is 0.336 e. The number of carboxylic acids is 1. The van der Waals surface area contributed by atoms with Gasteiger partial charge >= 0.3 is 5.97 Å². The lowest BCUT2D eigenvalue weighted by Crippen LogP contribution is -2.12. The number of pyridine rings is 1. The summed E-state index contributed by atoms with van der Waals surface area (Å²) in [4.78, 5) is 14.7. The minimum Gasteiger partial charge on any atom is -0.478 e. The number of carboxylic acid groups (broad SMARTS) is 1. The van der Waals surface area contributed by atoms with Crippen molar-refractivity contribution in [2.45, 2.75) is 0 Å². The van der Waals surface area contributed by atoms with Crippen LogP contribution in [0.4, 0.5) is 5.69 Å². The van der Waals surface area contributed by atoms with Crippen molar-refractivity contribution in [3.63, 3.8) is 0 Å². The van der Waals surface area contributed by atoms with Crippen LogP contribution in [-0.2, 0) is 4.79 Å². The molecule has 0 bridgehead atoms. The van der Waals surface area contributed by atoms with Gasteiger partial charge < -0.3 is 10.4 Å². The molecule has 0 aliphatic carbocycles. The van der Waals surface area contributed by atoms with E-state index in [4.69, 9.17) is 5.11 Å². The van der Waals surface area contributed by atoms with Gasteiger partial charge in [-0.25, -0.2) is 4.79 Å². The molecule has 2 heterocycles. The van der Waals surface area contributed by atoms with Gasteiger partial charge in [0.25, 0.3) is 0 Å². The highest BCUT2D eigenvalue weighted by atomic mass is 16.4. The van der Waals surface area contributed by atoms with Crippen LogP contribution in [-0.4, -0.2) is 22.6 Å². The molecule has 1 aliphatic rings. The number of hydrogen-bond acceptors (Lipinski definition) is 3. The van der Waals surface area contributed by atoms with Gasteiger partial charge in [0.1, 0.15) is 0 Å². The molecule has 0 saturated heterocycles. The van der Waals surface area contributed by atoms with Crippen molar-refractivity contribution in [3.8, 4) is 0 Å². The Morgan fingerprint density at radius 1 is 1.62 bits per heavy atom. The van der Waals surface area contributed by atoms with E-state index in [1.165, 1.54) is 0 Å². The van der Waals surface area contributed by atoms with Crippen LogP contribution < -0.4 is 5.32 Å². The Morgan fingerprint density at radius 3 is 3.23 bits per heavy atom. The largest absolute Gasteiger partial charge is 0.478 e. The Labute approximate surface area is 74.9 Å². The third kappa shape index (κ3) is 1.26. The van der Waals surface area contributed by atoms with Gasteiger partial charge in [-0.05, 0) is 6.07 Å². The number of aromatic nitrogens is 1. The van der Waals surface area contributed by atoms with Crippen molar-refractivity contribution in [1.82, 2.24) is 4.98 Å². The van der Waals surface area contributed by atoms with Crippen LogP contribution in [0.15, 0.2) is 24.5 Å². The standard InChI is InChI=1S/C9H8N2O2/c12-9(13)6-1-4-11-8-2-3-10-5-7(6)8/h1-3,5,11H,4H2,(H,12,13). The maximum absolute atomic E-state index is 10.8. The van der Waals surface area contributed by atoms with Gasteiger partial charge in [-0.15, -0.1) is 0 Å². The van der Waals surface area contributed by atoms with Crippen LogP contribution in [0.5, 0.6) is 0 Å². The minimum atomic E-state index is -0.907. The zero-order chi connectivity index (χ0) is 9.26. The molecule has 1 aliphatic heterocycles. The molecule has 0 amide bonds. The fourth-order valence-corrected chi connectivity index (χ4v) is 1.34. The van der Waals surface area contributed by atoms with Crippen molar-refractivity contribution in [3.05, 3.63) is 30.1 Å². The molecular weight excluding hydrogens is 168 g/mol. The Balaban J connectivity index is 2.53. The summed E-state index contributed by atoms with van der Waals surface area (Å²) in [5, 5.41) is 11.9. The van der Waals surface area contributed by atoms with Crippen molar-refractivity contribution in [1.29, 1.82) is 0 Å². The van der Waals surface area contributed by atoms with Crippen LogP contribution >= 0.6 is 0 Å². The summed E-state index contributed by atoms with van der Waals surface area (Å²) in [5.41, 5.74) is 1.80. The molecule has 1 aromatic heterocycles. The molecule has 0 spiro atoms. The molecule has 0 fully saturated rings. The van der Waals surface area contributed by atoms with Gasteiger partial charge in [-0.1, -0.05) is 6.08 Å². The molecule has 0 unspecified atom stereocenters. The predicted molar refractivity (Wildman–Crippen MR) is 48.3 cm³/mol. The van der Waals surface area contributed by atoms with Crippen molar-refractivity contribution >= 4 is 17.2 Å².